The Bertz CT molecular complexity index is 613. The fraction of sp³-hybridized carbons (Fsp3) is 0.250. The van der Waals surface area contributed by atoms with Crippen LogP contribution in [0.3, 0.4) is 0 Å². The number of hydrogen-bond acceptors (Lipinski definition) is 2. The molecule has 2 nitrogen and oxygen atoms in total. The summed E-state index contributed by atoms with van der Waals surface area (Å²) < 4.78 is 6.71. The molecule has 5 heteroatoms. The highest BCUT2D eigenvalue weighted by atomic mass is 79.9. The molecule has 112 valence electrons. The molecule has 0 heterocycles. The van der Waals surface area contributed by atoms with Gasteiger partial charge in [0, 0.05) is 25.6 Å². The van der Waals surface area contributed by atoms with Gasteiger partial charge in [-0.15, -0.1) is 0 Å². The molecule has 1 N–H and O–H groups in total. The first-order chi connectivity index (χ1) is 10.1. The van der Waals surface area contributed by atoms with E-state index < -0.39 is 0 Å². The van der Waals surface area contributed by atoms with Crippen LogP contribution in [0.5, 0.6) is 5.75 Å². The Kier molecular flexibility index (Phi) is 5.94. The molecule has 0 amide bonds. The second-order valence-electron chi connectivity index (χ2n) is 4.47. The van der Waals surface area contributed by atoms with Crippen molar-refractivity contribution in [3.63, 3.8) is 0 Å². The Morgan fingerprint density at radius 3 is 2.43 bits per heavy atom. The lowest BCUT2D eigenvalue weighted by Crippen LogP contribution is -2.19. The van der Waals surface area contributed by atoms with E-state index in [2.05, 4.69) is 21.2 Å². The van der Waals surface area contributed by atoms with Crippen LogP contribution in [-0.2, 0) is 0 Å². The minimum atomic E-state index is -0.148. The van der Waals surface area contributed by atoms with Gasteiger partial charge in [-0.1, -0.05) is 45.2 Å². The zero-order chi connectivity index (χ0) is 15.4. The van der Waals surface area contributed by atoms with Crippen molar-refractivity contribution in [2.24, 2.45) is 0 Å². The zero-order valence-corrected chi connectivity index (χ0v) is 14.9. The van der Waals surface area contributed by atoms with E-state index in [-0.39, 0.29) is 6.04 Å². The number of nitrogens with one attached hydrogen (secondary N) is 1. The van der Waals surface area contributed by atoms with Gasteiger partial charge in [0.25, 0.3) is 0 Å². The molecule has 0 radical (unpaired) electrons. The van der Waals surface area contributed by atoms with E-state index in [1.165, 1.54) is 0 Å². The van der Waals surface area contributed by atoms with E-state index in [4.69, 9.17) is 27.9 Å². The van der Waals surface area contributed by atoms with Crippen LogP contribution >= 0.6 is 39.1 Å². The fourth-order valence-corrected chi connectivity index (χ4v) is 3.27. The predicted molar refractivity (Wildman–Crippen MR) is 92.7 cm³/mol. The maximum Gasteiger partial charge on any atom is 0.124 e. The third kappa shape index (κ3) is 3.72. The van der Waals surface area contributed by atoms with Gasteiger partial charge in [0.1, 0.15) is 5.75 Å². The smallest absolute Gasteiger partial charge is 0.124 e. The van der Waals surface area contributed by atoms with Crippen molar-refractivity contribution >= 4 is 39.1 Å². The van der Waals surface area contributed by atoms with E-state index in [0.717, 1.165) is 21.3 Å². The number of halogens is 3. The molecule has 0 aromatic heterocycles. The van der Waals surface area contributed by atoms with Crippen molar-refractivity contribution in [2.75, 3.05) is 13.7 Å². The van der Waals surface area contributed by atoms with E-state index in [9.17, 15) is 0 Å². The van der Waals surface area contributed by atoms with E-state index >= 15 is 0 Å². The molecular formula is C16H16BrCl2NO. The Morgan fingerprint density at radius 1 is 1.19 bits per heavy atom. The lowest BCUT2D eigenvalue weighted by atomic mass is 9.97. The van der Waals surface area contributed by atoms with Crippen molar-refractivity contribution in [2.45, 2.75) is 13.0 Å². The summed E-state index contributed by atoms with van der Waals surface area (Å²) in [5.41, 5.74) is 1.84. The van der Waals surface area contributed by atoms with Gasteiger partial charge < -0.3 is 10.1 Å². The Balaban J connectivity index is 2.58. The number of rotatable bonds is 5. The van der Waals surface area contributed by atoms with Crippen molar-refractivity contribution in [1.82, 2.24) is 5.32 Å². The Morgan fingerprint density at radius 2 is 1.86 bits per heavy atom. The number of ether oxygens (including phenoxy) is 1. The SMILES string of the molecule is CCOc1ccc(Br)cc1C(NC)c1c(Cl)cccc1Cl. The molecule has 0 aliphatic carbocycles. The van der Waals surface area contributed by atoms with E-state index in [1.54, 1.807) is 0 Å². The van der Waals surface area contributed by atoms with Gasteiger partial charge in [-0.25, -0.2) is 0 Å². The molecule has 2 aromatic rings. The third-order valence-corrected chi connectivity index (χ3v) is 4.31. The highest BCUT2D eigenvalue weighted by Crippen LogP contribution is 2.38. The van der Waals surface area contributed by atoms with Gasteiger partial charge in [-0.05, 0) is 44.3 Å². The van der Waals surface area contributed by atoms with Gasteiger partial charge in [0.15, 0.2) is 0 Å². The molecular weight excluding hydrogens is 373 g/mol. The normalized spacial score (nSPS) is 12.2. The van der Waals surface area contributed by atoms with Crippen LogP contribution in [0.15, 0.2) is 40.9 Å². The molecule has 0 aliphatic heterocycles. The highest BCUT2D eigenvalue weighted by Gasteiger charge is 2.22. The summed E-state index contributed by atoms with van der Waals surface area (Å²) in [7, 11) is 1.88. The molecule has 2 aromatic carbocycles. The molecule has 0 bridgehead atoms. The first-order valence-electron chi connectivity index (χ1n) is 6.61. The summed E-state index contributed by atoms with van der Waals surface area (Å²) in [5.74, 6) is 0.816. The van der Waals surface area contributed by atoms with Crippen LogP contribution in [0, 0.1) is 0 Å². The lowest BCUT2D eigenvalue weighted by molar-refractivity contribution is 0.334. The van der Waals surface area contributed by atoms with Crippen LogP contribution in [0.4, 0.5) is 0 Å². The van der Waals surface area contributed by atoms with Crippen molar-refractivity contribution in [1.29, 1.82) is 0 Å². The largest absolute Gasteiger partial charge is 0.494 e. The zero-order valence-electron chi connectivity index (χ0n) is 11.8. The average Bonchev–Trinajstić information content (AvgIpc) is 2.45. The van der Waals surface area contributed by atoms with Gasteiger partial charge >= 0.3 is 0 Å². The molecule has 0 fully saturated rings. The number of benzene rings is 2. The van der Waals surface area contributed by atoms with Crippen LogP contribution in [0.2, 0.25) is 10.0 Å². The molecule has 2 rings (SSSR count). The predicted octanol–water partition coefficient (Wildman–Crippen LogP) is 5.46. The molecule has 0 aliphatic rings. The maximum absolute atomic E-state index is 6.35. The summed E-state index contributed by atoms with van der Waals surface area (Å²) in [5, 5.41) is 4.53. The summed E-state index contributed by atoms with van der Waals surface area (Å²) >= 11 is 16.2. The molecule has 0 spiro atoms. The second-order valence-corrected chi connectivity index (χ2v) is 6.20. The topological polar surface area (TPSA) is 21.3 Å². The average molecular weight is 389 g/mol. The van der Waals surface area contributed by atoms with Gasteiger partial charge in [-0.2, -0.15) is 0 Å². The molecule has 1 atom stereocenters. The van der Waals surface area contributed by atoms with Crippen LogP contribution in [-0.4, -0.2) is 13.7 Å². The van der Waals surface area contributed by atoms with E-state index in [1.807, 2.05) is 50.4 Å². The number of hydrogen-bond donors (Lipinski definition) is 1. The Labute approximate surface area is 143 Å². The monoisotopic (exact) mass is 387 g/mol. The van der Waals surface area contributed by atoms with Crippen LogP contribution < -0.4 is 10.1 Å². The summed E-state index contributed by atoms with van der Waals surface area (Å²) in [6.07, 6.45) is 0. The third-order valence-electron chi connectivity index (χ3n) is 3.16. The van der Waals surface area contributed by atoms with Crippen molar-refractivity contribution < 1.29 is 4.74 Å². The minimum Gasteiger partial charge on any atom is -0.494 e. The quantitative estimate of drug-likeness (QED) is 0.733. The first-order valence-corrected chi connectivity index (χ1v) is 8.16. The van der Waals surface area contributed by atoms with Crippen molar-refractivity contribution in [3.8, 4) is 5.75 Å². The standard InChI is InChI=1S/C16H16BrCl2NO/c1-3-21-14-8-7-10(17)9-11(14)16(20-2)15-12(18)5-4-6-13(15)19/h4-9,16,20H,3H2,1-2H3. The first kappa shape index (κ1) is 16.6. The summed E-state index contributed by atoms with van der Waals surface area (Å²) in [6, 6.07) is 11.3. The van der Waals surface area contributed by atoms with Crippen LogP contribution in [0.25, 0.3) is 0 Å². The Hall–Kier alpha value is -0.740. The molecule has 1 unspecified atom stereocenters. The molecule has 0 saturated carbocycles. The van der Waals surface area contributed by atoms with Crippen molar-refractivity contribution in [3.05, 3.63) is 62.0 Å². The van der Waals surface area contributed by atoms with Gasteiger partial charge in [-0.3, -0.25) is 0 Å². The summed E-state index contributed by atoms with van der Waals surface area (Å²) in [6.45, 7) is 2.56. The van der Waals surface area contributed by atoms with E-state index in [0.29, 0.717) is 16.7 Å². The van der Waals surface area contributed by atoms with Crippen LogP contribution in [0.1, 0.15) is 24.1 Å². The minimum absolute atomic E-state index is 0.148. The fourth-order valence-electron chi connectivity index (χ4n) is 2.27. The lowest BCUT2D eigenvalue weighted by Gasteiger charge is -2.22. The second kappa shape index (κ2) is 7.50. The maximum atomic E-state index is 6.35. The van der Waals surface area contributed by atoms with Gasteiger partial charge in [0.2, 0.25) is 0 Å². The summed E-state index contributed by atoms with van der Waals surface area (Å²) in [4.78, 5) is 0. The molecule has 21 heavy (non-hydrogen) atoms. The van der Waals surface area contributed by atoms with Gasteiger partial charge in [0.05, 0.1) is 12.6 Å². The highest BCUT2D eigenvalue weighted by molar-refractivity contribution is 9.10. The molecule has 0 saturated heterocycles.